The number of aliphatic hydroxyl groups excluding tert-OH is 2. The van der Waals surface area contributed by atoms with E-state index in [-0.39, 0.29) is 33.9 Å². The van der Waals surface area contributed by atoms with Gasteiger partial charge in [-0.15, -0.1) is 17.8 Å². The topological polar surface area (TPSA) is 54.6 Å². The number of aliphatic hydroxyl groups is 2. The van der Waals surface area contributed by atoms with Crippen molar-refractivity contribution in [2.24, 2.45) is 0 Å². The molecule has 2 aromatic carbocycles. The van der Waals surface area contributed by atoms with Gasteiger partial charge >= 0.3 is 21.7 Å². The summed E-state index contributed by atoms with van der Waals surface area (Å²) < 4.78 is 1.08. The zero-order chi connectivity index (χ0) is 17.7. The van der Waals surface area contributed by atoms with Gasteiger partial charge in [-0.25, -0.2) is 5.56 Å². The van der Waals surface area contributed by atoms with Crippen molar-refractivity contribution in [3.05, 3.63) is 76.5 Å². The molecular weight excluding hydrogens is 402 g/mol. The Balaban J connectivity index is 0. The molecule has 0 aliphatic carbocycles. The Morgan fingerprint density at radius 2 is 1.25 bits per heavy atom. The van der Waals surface area contributed by atoms with Crippen molar-refractivity contribution < 1.29 is 31.9 Å². The van der Waals surface area contributed by atoms with Gasteiger partial charge in [0.15, 0.2) is 0 Å². The predicted octanol–water partition coefficient (Wildman–Crippen LogP) is 5.44. The summed E-state index contributed by atoms with van der Waals surface area (Å²) in [5, 5.41) is 20.5. The van der Waals surface area contributed by atoms with Crippen LogP contribution in [0, 0.1) is 6.54 Å². The van der Waals surface area contributed by atoms with Gasteiger partial charge in [-0.1, -0.05) is 46.3 Å². The standard InChI is InChI=1S/C13H10BrN.2C3H8O.Ti/c14-12-8-6-11(7-9-12)10-15-13-4-2-1-3-5-13;2*1-3(2)4;/h1-10H;2*3-4H,1-2H3;/q-2;;;+2. The predicted molar refractivity (Wildman–Crippen MR) is 102 cm³/mol. The molecule has 130 valence electrons. The molecule has 2 rings (SSSR count). The van der Waals surface area contributed by atoms with E-state index < -0.39 is 0 Å². The Kier molecular flexibility index (Phi) is 16.7. The summed E-state index contributed by atoms with van der Waals surface area (Å²) in [5.74, 6) is 0. The molecule has 0 spiro atoms. The molecule has 2 aromatic rings. The molecule has 0 unspecified atom stereocenters. The fraction of sp³-hybridized carbons (Fsp3) is 0.316. The van der Waals surface area contributed by atoms with Gasteiger partial charge in [-0.3, -0.25) is 6.54 Å². The fourth-order valence-electron chi connectivity index (χ4n) is 1.21. The second-order valence-electron chi connectivity index (χ2n) is 5.33. The van der Waals surface area contributed by atoms with Crippen LogP contribution < -0.4 is 0 Å². The van der Waals surface area contributed by atoms with E-state index in [2.05, 4.69) is 21.2 Å². The monoisotopic (exact) mass is 427 g/mol. The number of rotatable bonds is 3. The van der Waals surface area contributed by atoms with Crippen LogP contribution in [0.5, 0.6) is 0 Å². The molecule has 0 saturated heterocycles. The molecule has 0 saturated carbocycles. The molecule has 3 nitrogen and oxygen atoms in total. The first-order valence-corrected chi connectivity index (χ1v) is 8.31. The average molecular weight is 428 g/mol. The van der Waals surface area contributed by atoms with Crippen molar-refractivity contribution in [1.82, 2.24) is 0 Å². The van der Waals surface area contributed by atoms with Crippen LogP contribution in [0.2, 0.25) is 0 Å². The number of halogens is 1. The molecule has 0 fully saturated rings. The van der Waals surface area contributed by atoms with E-state index in [1.54, 1.807) is 27.7 Å². The minimum Gasteiger partial charge on any atom is -0.722 e. The molecular formula is C19H26BrNO2Ti. The number of hydrogen-bond donors (Lipinski definition) is 2. The van der Waals surface area contributed by atoms with Crippen LogP contribution in [0.1, 0.15) is 33.3 Å². The summed E-state index contributed by atoms with van der Waals surface area (Å²) in [6, 6.07) is 18.0. The molecule has 0 aliphatic heterocycles. The van der Waals surface area contributed by atoms with Gasteiger partial charge in [-0.05, 0) is 32.2 Å². The van der Waals surface area contributed by atoms with Crippen molar-refractivity contribution in [3.8, 4) is 0 Å². The third-order valence-electron chi connectivity index (χ3n) is 1.99. The number of hydrogen-bond acceptors (Lipinski definition) is 2. The summed E-state index contributed by atoms with van der Waals surface area (Å²) in [4.78, 5) is 0. The Morgan fingerprint density at radius 3 is 1.67 bits per heavy atom. The SMILES string of the molecule is Brc1ccc([CH-][N-]c2ccccc2)cc1.CC(C)O.CC(C)O.[Ti+2]. The van der Waals surface area contributed by atoms with Crippen LogP contribution in [0.3, 0.4) is 0 Å². The minimum atomic E-state index is -0.167. The van der Waals surface area contributed by atoms with Gasteiger partial charge in [0.25, 0.3) is 0 Å². The summed E-state index contributed by atoms with van der Waals surface area (Å²) >= 11 is 3.40. The molecule has 2 N–H and O–H groups in total. The fourth-order valence-corrected chi connectivity index (χ4v) is 1.48. The molecule has 0 aliphatic rings. The smallest absolute Gasteiger partial charge is 0.722 e. The first-order chi connectivity index (χ1) is 10.8. The minimum absolute atomic E-state index is 0. The van der Waals surface area contributed by atoms with Gasteiger partial charge < -0.3 is 15.5 Å². The summed E-state index contributed by atoms with van der Waals surface area (Å²) in [6.45, 7) is 8.75. The van der Waals surface area contributed by atoms with E-state index in [1.807, 2.05) is 61.1 Å². The van der Waals surface area contributed by atoms with Crippen LogP contribution in [0.15, 0.2) is 59.1 Å². The van der Waals surface area contributed by atoms with Gasteiger partial charge in [0.05, 0.1) is 0 Å². The van der Waals surface area contributed by atoms with Gasteiger partial charge in [-0.2, -0.15) is 12.1 Å². The molecule has 0 bridgehead atoms. The molecule has 0 radical (unpaired) electrons. The van der Waals surface area contributed by atoms with E-state index in [9.17, 15) is 0 Å². The van der Waals surface area contributed by atoms with Crippen LogP contribution in [-0.4, -0.2) is 22.4 Å². The third-order valence-corrected chi connectivity index (χ3v) is 2.52. The van der Waals surface area contributed by atoms with Crippen molar-refractivity contribution in [3.63, 3.8) is 0 Å². The molecule has 0 aromatic heterocycles. The first-order valence-electron chi connectivity index (χ1n) is 7.52. The molecule has 0 atom stereocenters. The quantitative estimate of drug-likeness (QED) is 0.506. The van der Waals surface area contributed by atoms with Crippen LogP contribution >= 0.6 is 15.9 Å². The van der Waals surface area contributed by atoms with E-state index in [0.29, 0.717) is 0 Å². The van der Waals surface area contributed by atoms with Crippen molar-refractivity contribution in [2.45, 2.75) is 39.9 Å². The van der Waals surface area contributed by atoms with Crippen LogP contribution in [0.25, 0.3) is 5.32 Å². The Bertz CT molecular complexity index is 493. The second-order valence-corrected chi connectivity index (χ2v) is 6.25. The maximum Gasteiger partial charge on any atom is 2.00 e. The largest absolute Gasteiger partial charge is 2.00 e. The van der Waals surface area contributed by atoms with E-state index in [1.165, 1.54) is 0 Å². The van der Waals surface area contributed by atoms with Gasteiger partial charge in [0, 0.05) is 12.2 Å². The van der Waals surface area contributed by atoms with E-state index in [4.69, 9.17) is 10.2 Å². The summed E-state index contributed by atoms with van der Waals surface area (Å²) in [5.41, 5.74) is 2.07. The number of para-hydroxylation sites is 1. The Morgan fingerprint density at radius 1 is 0.833 bits per heavy atom. The maximum absolute atomic E-state index is 8.06. The summed E-state index contributed by atoms with van der Waals surface area (Å²) in [7, 11) is 0. The number of benzene rings is 2. The van der Waals surface area contributed by atoms with Gasteiger partial charge in [0.1, 0.15) is 0 Å². The maximum atomic E-state index is 8.06. The number of nitrogens with zero attached hydrogens (tertiary/aromatic N) is 1. The van der Waals surface area contributed by atoms with Crippen molar-refractivity contribution in [1.29, 1.82) is 0 Å². The van der Waals surface area contributed by atoms with E-state index in [0.717, 1.165) is 15.7 Å². The molecule has 24 heavy (non-hydrogen) atoms. The third kappa shape index (κ3) is 17.6. The molecule has 0 heterocycles. The second kappa shape index (κ2) is 15.7. The van der Waals surface area contributed by atoms with Gasteiger partial charge in [0.2, 0.25) is 0 Å². The molecule has 0 amide bonds. The Hall–Kier alpha value is -0.776. The van der Waals surface area contributed by atoms with Crippen LogP contribution in [-0.2, 0) is 21.7 Å². The zero-order valence-electron chi connectivity index (χ0n) is 14.6. The average Bonchev–Trinajstić information content (AvgIpc) is 2.47. The summed E-state index contributed by atoms with van der Waals surface area (Å²) in [6.07, 6.45) is -0.333. The Labute approximate surface area is 169 Å². The van der Waals surface area contributed by atoms with Crippen LogP contribution in [0.4, 0.5) is 5.69 Å². The zero-order valence-corrected chi connectivity index (χ0v) is 17.8. The van der Waals surface area contributed by atoms with Crippen molar-refractivity contribution in [2.75, 3.05) is 0 Å². The van der Waals surface area contributed by atoms with Crippen molar-refractivity contribution >= 4 is 21.6 Å². The van der Waals surface area contributed by atoms with E-state index >= 15 is 0 Å². The first kappa shape index (κ1) is 25.5. The normalized spacial score (nSPS) is 9.04. The molecule has 5 heteroatoms.